The topological polar surface area (TPSA) is 54.4 Å². The van der Waals surface area contributed by atoms with E-state index in [1.165, 1.54) is 0 Å². The van der Waals surface area contributed by atoms with Crippen LogP contribution in [0.25, 0.3) is 0 Å². The SMILES string of the molecule is OC(CNC(c1ccc(Oc2ccnc(C(F)(F)F)c2)cc1)c1cccc(C(F)(F)C(F)(F)C(F)(F)F)c1)C(F)(F)F. The van der Waals surface area contributed by atoms with Crippen molar-refractivity contribution in [3.8, 4) is 11.5 Å². The van der Waals surface area contributed by atoms with Gasteiger partial charge in [0.2, 0.25) is 0 Å². The van der Waals surface area contributed by atoms with Crippen LogP contribution >= 0.6 is 0 Å². The fraction of sp³-hybridized carbons (Fsp3) is 0.320. The second-order valence-electron chi connectivity index (χ2n) is 8.72. The quantitative estimate of drug-likeness (QED) is 0.239. The number of halogens is 13. The third kappa shape index (κ3) is 7.24. The van der Waals surface area contributed by atoms with Gasteiger partial charge in [-0.3, -0.25) is 4.98 Å². The van der Waals surface area contributed by atoms with Gasteiger partial charge in [-0.1, -0.05) is 30.3 Å². The molecule has 0 saturated heterocycles. The van der Waals surface area contributed by atoms with E-state index in [-0.39, 0.29) is 29.2 Å². The van der Waals surface area contributed by atoms with Gasteiger partial charge in [0, 0.05) is 24.4 Å². The molecule has 0 amide bonds. The lowest BCUT2D eigenvalue weighted by Crippen LogP contribution is -2.50. The minimum absolute atomic E-state index is 0.0783. The van der Waals surface area contributed by atoms with E-state index in [1.807, 2.05) is 0 Å². The zero-order chi connectivity index (χ0) is 31.7. The van der Waals surface area contributed by atoms with Crippen LogP contribution in [0.15, 0.2) is 66.9 Å². The minimum atomic E-state index is -6.65. The van der Waals surface area contributed by atoms with E-state index in [0.29, 0.717) is 12.1 Å². The average Bonchev–Trinajstić information content (AvgIpc) is 2.88. The largest absolute Gasteiger partial charge is 0.460 e. The van der Waals surface area contributed by atoms with Crippen LogP contribution in [0.5, 0.6) is 11.5 Å². The molecule has 2 atom stereocenters. The number of alkyl halides is 13. The van der Waals surface area contributed by atoms with Gasteiger partial charge in [-0.2, -0.15) is 57.1 Å². The molecular formula is C25H17F13N2O2. The van der Waals surface area contributed by atoms with Crippen LogP contribution in [-0.2, 0) is 12.1 Å². The lowest BCUT2D eigenvalue weighted by Gasteiger charge is -2.29. The summed E-state index contributed by atoms with van der Waals surface area (Å²) in [6.45, 7) is -1.26. The number of nitrogens with one attached hydrogen (secondary N) is 1. The zero-order valence-electron chi connectivity index (χ0n) is 20.4. The van der Waals surface area contributed by atoms with Crippen LogP contribution in [0.1, 0.15) is 28.4 Å². The summed E-state index contributed by atoms with van der Waals surface area (Å²) < 4.78 is 176. The molecule has 1 aromatic heterocycles. The van der Waals surface area contributed by atoms with Crippen molar-refractivity contribution in [2.75, 3.05) is 6.54 Å². The summed E-state index contributed by atoms with van der Waals surface area (Å²) in [6, 6.07) is 6.60. The van der Waals surface area contributed by atoms with E-state index in [1.54, 1.807) is 0 Å². The monoisotopic (exact) mass is 624 g/mol. The van der Waals surface area contributed by atoms with E-state index < -0.39 is 65.9 Å². The van der Waals surface area contributed by atoms with Gasteiger partial charge < -0.3 is 15.2 Å². The summed E-state index contributed by atoms with van der Waals surface area (Å²) in [4.78, 5) is 3.15. The highest BCUT2D eigenvalue weighted by molar-refractivity contribution is 5.40. The molecule has 230 valence electrons. The number of hydrogen-bond donors (Lipinski definition) is 2. The van der Waals surface area contributed by atoms with Gasteiger partial charge in [-0.05, 0) is 35.4 Å². The van der Waals surface area contributed by atoms with Gasteiger partial charge in [-0.25, -0.2) is 0 Å². The fourth-order valence-electron chi connectivity index (χ4n) is 3.54. The zero-order valence-corrected chi connectivity index (χ0v) is 20.4. The third-order valence-corrected chi connectivity index (χ3v) is 5.70. The first-order valence-electron chi connectivity index (χ1n) is 11.4. The molecule has 0 spiro atoms. The van der Waals surface area contributed by atoms with Crippen molar-refractivity contribution in [1.82, 2.24) is 10.3 Å². The molecule has 0 fully saturated rings. The van der Waals surface area contributed by atoms with Crippen LogP contribution in [0.3, 0.4) is 0 Å². The number of aromatic nitrogens is 1. The molecule has 0 saturated carbocycles. The average molecular weight is 624 g/mol. The molecule has 3 rings (SSSR count). The first-order chi connectivity index (χ1) is 19.1. The summed E-state index contributed by atoms with van der Waals surface area (Å²) >= 11 is 0. The Morgan fingerprint density at radius 3 is 1.90 bits per heavy atom. The van der Waals surface area contributed by atoms with Crippen molar-refractivity contribution in [1.29, 1.82) is 0 Å². The van der Waals surface area contributed by atoms with Crippen molar-refractivity contribution in [3.63, 3.8) is 0 Å². The summed E-state index contributed by atoms with van der Waals surface area (Å²) in [5.74, 6) is -12.7. The van der Waals surface area contributed by atoms with Crippen LogP contribution in [-0.4, -0.2) is 41.0 Å². The molecule has 0 aliphatic carbocycles. The molecule has 0 radical (unpaired) electrons. The Hall–Kier alpha value is -3.60. The number of nitrogens with zero attached hydrogens (tertiary/aromatic N) is 1. The Morgan fingerprint density at radius 1 is 0.738 bits per heavy atom. The highest BCUT2D eigenvalue weighted by Crippen LogP contribution is 2.52. The van der Waals surface area contributed by atoms with E-state index in [9.17, 15) is 62.2 Å². The first kappa shape index (κ1) is 32.9. The number of rotatable bonds is 9. The lowest BCUT2D eigenvalue weighted by molar-refractivity contribution is -0.359. The number of pyridine rings is 1. The van der Waals surface area contributed by atoms with Crippen molar-refractivity contribution in [2.24, 2.45) is 0 Å². The van der Waals surface area contributed by atoms with Crippen LogP contribution < -0.4 is 10.1 Å². The highest BCUT2D eigenvalue weighted by Gasteiger charge is 2.73. The van der Waals surface area contributed by atoms with Crippen LogP contribution in [0, 0.1) is 0 Å². The Bertz CT molecular complexity index is 1350. The molecule has 0 aliphatic heterocycles. The predicted molar refractivity (Wildman–Crippen MR) is 119 cm³/mol. The number of aliphatic hydroxyl groups is 1. The van der Waals surface area contributed by atoms with E-state index in [4.69, 9.17) is 4.74 Å². The molecule has 2 aromatic carbocycles. The van der Waals surface area contributed by atoms with Crippen LogP contribution in [0.4, 0.5) is 57.1 Å². The van der Waals surface area contributed by atoms with Gasteiger partial charge in [0.1, 0.15) is 17.2 Å². The van der Waals surface area contributed by atoms with Gasteiger partial charge in [0.25, 0.3) is 0 Å². The van der Waals surface area contributed by atoms with E-state index >= 15 is 0 Å². The van der Waals surface area contributed by atoms with Crippen molar-refractivity contribution in [3.05, 3.63) is 89.2 Å². The third-order valence-electron chi connectivity index (χ3n) is 5.70. The van der Waals surface area contributed by atoms with Gasteiger partial charge >= 0.3 is 30.4 Å². The molecule has 0 bridgehead atoms. The maximum atomic E-state index is 14.3. The molecule has 2 N–H and O–H groups in total. The van der Waals surface area contributed by atoms with Crippen molar-refractivity contribution >= 4 is 0 Å². The number of aliphatic hydroxyl groups excluding tert-OH is 1. The molecule has 2 unspecified atom stereocenters. The molecule has 0 aliphatic rings. The standard InChI is InChI=1S/C25H17F13N2O2/c26-21(27,24(34,35)25(36,37)38)15-3-1-2-14(10-15)20(40-12-19(41)23(31,32)33)13-4-6-16(7-5-13)42-17-8-9-39-18(11-17)22(28,29)30/h1-11,19-20,40-41H,12H2. The molecule has 1 heterocycles. The smallest absolute Gasteiger partial charge is 0.457 e. The van der Waals surface area contributed by atoms with Crippen molar-refractivity contribution < 1.29 is 66.9 Å². The van der Waals surface area contributed by atoms with E-state index in [0.717, 1.165) is 42.6 Å². The summed E-state index contributed by atoms with van der Waals surface area (Å²) in [6.07, 6.45) is -18.8. The van der Waals surface area contributed by atoms with Gasteiger partial charge in [-0.15, -0.1) is 0 Å². The summed E-state index contributed by atoms with van der Waals surface area (Å²) in [7, 11) is 0. The summed E-state index contributed by atoms with van der Waals surface area (Å²) in [5.41, 5.74) is -3.65. The molecule has 17 heteroatoms. The molecule has 42 heavy (non-hydrogen) atoms. The number of ether oxygens (including phenoxy) is 1. The van der Waals surface area contributed by atoms with E-state index in [2.05, 4.69) is 10.3 Å². The predicted octanol–water partition coefficient (Wildman–Crippen LogP) is 7.78. The second-order valence-corrected chi connectivity index (χ2v) is 8.72. The summed E-state index contributed by atoms with van der Waals surface area (Å²) in [5, 5.41) is 11.6. The highest BCUT2D eigenvalue weighted by atomic mass is 19.4. The molecule has 4 nitrogen and oxygen atoms in total. The lowest BCUT2D eigenvalue weighted by atomic mass is 9.93. The Kier molecular flexibility index (Phi) is 9.08. The second kappa shape index (κ2) is 11.6. The van der Waals surface area contributed by atoms with Gasteiger partial charge in [0.05, 0.1) is 6.04 Å². The number of hydrogen-bond acceptors (Lipinski definition) is 4. The fourth-order valence-corrected chi connectivity index (χ4v) is 3.54. The van der Waals surface area contributed by atoms with Crippen molar-refractivity contribution in [2.45, 2.75) is 42.5 Å². The first-order valence-corrected chi connectivity index (χ1v) is 11.4. The Labute approximate surface area is 227 Å². The molecular weight excluding hydrogens is 607 g/mol. The maximum absolute atomic E-state index is 14.3. The van der Waals surface area contributed by atoms with Crippen LogP contribution in [0.2, 0.25) is 0 Å². The maximum Gasteiger partial charge on any atom is 0.460 e. The molecule has 3 aromatic rings. The Balaban J connectivity index is 1.98. The Morgan fingerprint density at radius 2 is 1.36 bits per heavy atom. The normalized spacial score (nSPS) is 14.9. The number of benzene rings is 2. The minimum Gasteiger partial charge on any atom is -0.457 e. The van der Waals surface area contributed by atoms with Gasteiger partial charge in [0.15, 0.2) is 6.10 Å².